The van der Waals surface area contributed by atoms with E-state index in [1.165, 1.54) is 13.0 Å². The lowest BCUT2D eigenvalue weighted by Gasteiger charge is -2.22. The monoisotopic (exact) mass is 287 g/mol. The molecule has 1 N–H and O–H groups in total. The third-order valence-electron chi connectivity index (χ3n) is 3.03. The Morgan fingerprint density at radius 1 is 1.29 bits per heavy atom. The summed E-state index contributed by atoms with van der Waals surface area (Å²) in [5, 5.41) is 10.4. The molecule has 1 aromatic rings. The first-order valence-corrected chi connectivity index (χ1v) is 6.76. The van der Waals surface area contributed by atoms with Gasteiger partial charge in [0, 0.05) is 9.69 Å². The van der Waals surface area contributed by atoms with E-state index < -0.39 is 12.6 Å². The van der Waals surface area contributed by atoms with Crippen LogP contribution in [0.3, 0.4) is 0 Å². The highest BCUT2D eigenvalue weighted by molar-refractivity contribution is 6.32. The van der Waals surface area contributed by atoms with Crippen LogP contribution < -0.4 is 0 Å². The Balaban J connectivity index is 2.70. The molecule has 0 saturated carbocycles. The van der Waals surface area contributed by atoms with Crippen LogP contribution in [0.2, 0.25) is 0 Å². The van der Waals surface area contributed by atoms with Crippen molar-refractivity contribution in [2.45, 2.75) is 33.7 Å². The first kappa shape index (κ1) is 11.4. The van der Waals surface area contributed by atoms with Crippen LogP contribution in [0.25, 0.3) is 5.57 Å². The zero-order valence-corrected chi connectivity index (χ0v) is 12.3. The fourth-order valence-corrected chi connectivity index (χ4v) is 2.13. The molecule has 1 aliphatic carbocycles. The molecule has 0 heterocycles. The summed E-state index contributed by atoms with van der Waals surface area (Å²) < 4.78 is 28.2. The first-order valence-electron chi connectivity index (χ1n) is 8.26. The van der Waals surface area contributed by atoms with Crippen molar-refractivity contribution in [2.24, 2.45) is 0 Å². The van der Waals surface area contributed by atoms with Gasteiger partial charge in [-0.2, -0.15) is 0 Å². The molecule has 0 unspecified atom stereocenters. The van der Waals surface area contributed by atoms with Crippen molar-refractivity contribution in [1.29, 1.82) is 0 Å². The second-order valence-corrected chi connectivity index (χ2v) is 5.13. The van der Waals surface area contributed by atoms with Crippen molar-refractivity contribution in [3.8, 4) is 0 Å². The molecule has 0 saturated heterocycles. The molecule has 3 heteroatoms. The number of ketones is 1. The number of aliphatic hydroxyl groups excluding tert-OH is 1. The Morgan fingerprint density at radius 3 is 2.52 bits per heavy atom. The zero-order chi connectivity index (χ0) is 18.1. The SMILES string of the molecule is [2H]C([2H])([2H])/C(C)=C1\C=C(O)C(OC(C)C)=C(c2ccccc2)C1=O. The summed E-state index contributed by atoms with van der Waals surface area (Å²) in [6.45, 7) is 2.53. The third-order valence-corrected chi connectivity index (χ3v) is 3.03. The van der Waals surface area contributed by atoms with Crippen LogP contribution in [0.1, 0.15) is 37.3 Å². The van der Waals surface area contributed by atoms with Crippen molar-refractivity contribution in [2.75, 3.05) is 0 Å². The smallest absolute Gasteiger partial charge is 0.197 e. The number of carbonyl (C=O) groups excluding carboxylic acids is 1. The molecule has 0 spiro atoms. The van der Waals surface area contributed by atoms with E-state index >= 15 is 0 Å². The lowest BCUT2D eigenvalue weighted by atomic mass is 9.88. The molecular weight excluding hydrogens is 264 g/mol. The number of allylic oxidation sites excluding steroid dienone is 4. The van der Waals surface area contributed by atoms with E-state index in [1.807, 2.05) is 0 Å². The molecule has 3 nitrogen and oxygen atoms in total. The highest BCUT2D eigenvalue weighted by atomic mass is 16.5. The molecule has 21 heavy (non-hydrogen) atoms. The van der Waals surface area contributed by atoms with E-state index in [2.05, 4.69) is 0 Å². The summed E-state index contributed by atoms with van der Waals surface area (Å²) in [5.74, 6) is -0.646. The van der Waals surface area contributed by atoms with Gasteiger partial charge in [0.25, 0.3) is 0 Å². The van der Waals surface area contributed by atoms with Crippen LogP contribution in [0.5, 0.6) is 0 Å². The number of aliphatic hydroxyl groups is 1. The molecule has 0 atom stereocenters. The highest BCUT2D eigenvalue weighted by Crippen LogP contribution is 2.34. The lowest BCUT2D eigenvalue weighted by Crippen LogP contribution is -2.18. The van der Waals surface area contributed by atoms with Crippen LogP contribution in [0, 0.1) is 0 Å². The maximum atomic E-state index is 13.0. The van der Waals surface area contributed by atoms with Crippen LogP contribution in [0.4, 0.5) is 0 Å². The van der Waals surface area contributed by atoms with Crippen LogP contribution in [-0.4, -0.2) is 17.0 Å². The lowest BCUT2D eigenvalue weighted by molar-refractivity contribution is -0.110. The third kappa shape index (κ3) is 3.07. The molecule has 0 amide bonds. The molecule has 0 aliphatic heterocycles. The molecule has 0 bridgehead atoms. The fraction of sp³-hybridized carbons (Fsp3) is 0.278. The Kier molecular flexibility index (Phi) is 3.25. The maximum Gasteiger partial charge on any atom is 0.197 e. The molecule has 0 fully saturated rings. The quantitative estimate of drug-likeness (QED) is 0.848. The van der Waals surface area contributed by atoms with Crippen molar-refractivity contribution in [1.82, 2.24) is 0 Å². The van der Waals surface area contributed by atoms with E-state index in [0.29, 0.717) is 5.56 Å². The molecule has 0 radical (unpaired) electrons. The number of benzene rings is 1. The van der Waals surface area contributed by atoms with Crippen LogP contribution in [-0.2, 0) is 9.53 Å². The normalized spacial score (nSPS) is 20.7. The first-order chi connectivity index (χ1) is 11.1. The standard InChI is InChI=1S/C18H20O3/c1-11(2)14-10-15(19)18(21-12(3)4)16(17(14)20)13-8-6-5-7-9-13/h5-10,12,19H,1-4H3/i1D3/b14-11-. The van der Waals surface area contributed by atoms with Gasteiger partial charge in [0.05, 0.1) is 11.7 Å². The van der Waals surface area contributed by atoms with Crippen molar-refractivity contribution >= 4 is 11.4 Å². The van der Waals surface area contributed by atoms with Gasteiger partial charge in [0.15, 0.2) is 17.3 Å². The van der Waals surface area contributed by atoms with Gasteiger partial charge < -0.3 is 9.84 Å². The average Bonchev–Trinajstić information content (AvgIpc) is 2.49. The van der Waals surface area contributed by atoms with Gasteiger partial charge >= 0.3 is 0 Å². The molecule has 110 valence electrons. The Hall–Kier alpha value is -2.29. The Labute approximate surface area is 129 Å². The number of hydrogen-bond donors (Lipinski definition) is 1. The second kappa shape index (κ2) is 6.00. The van der Waals surface area contributed by atoms with Crippen molar-refractivity contribution < 1.29 is 18.8 Å². The Morgan fingerprint density at radius 2 is 1.95 bits per heavy atom. The number of hydrogen-bond acceptors (Lipinski definition) is 3. The zero-order valence-electron chi connectivity index (χ0n) is 15.3. The minimum Gasteiger partial charge on any atom is -0.504 e. The summed E-state index contributed by atoms with van der Waals surface area (Å²) in [7, 11) is 0. The summed E-state index contributed by atoms with van der Waals surface area (Å²) in [6.07, 6.45) is 0.921. The minimum absolute atomic E-state index is 0.0255. The summed E-state index contributed by atoms with van der Waals surface area (Å²) in [4.78, 5) is 13.0. The van der Waals surface area contributed by atoms with Gasteiger partial charge in [-0.15, -0.1) is 0 Å². The van der Waals surface area contributed by atoms with E-state index in [9.17, 15) is 9.90 Å². The molecular formula is C18H20O3. The van der Waals surface area contributed by atoms with Crippen molar-refractivity contribution in [3.63, 3.8) is 0 Å². The summed E-state index contributed by atoms with van der Waals surface area (Å²) in [5.41, 5.74) is 0.648. The van der Waals surface area contributed by atoms with Gasteiger partial charge in [-0.1, -0.05) is 35.9 Å². The fourth-order valence-electron chi connectivity index (χ4n) is 2.13. The highest BCUT2D eigenvalue weighted by Gasteiger charge is 2.29. The summed E-state index contributed by atoms with van der Waals surface area (Å²) >= 11 is 0. The predicted molar refractivity (Wildman–Crippen MR) is 83.7 cm³/mol. The van der Waals surface area contributed by atoms with Gasteiger partial charge in [0.1, 0.15) is 0 Å². The topological polar surface area (TPSA) is 46.5 Å². The number of Topliss-reactive ketones (excluding diaryl/α,β-unsaturated/α-hetero) is 1. The van der Waals surface area contributed by atoms with E-state index in [-0.39, 0.29) is 34.3 Å². The molecule has 1 aliphatic rings. The van der Waals surface area contributed by atoms with Crippen molar-refractivity contribution in [3.05, 3.63) is 64.6 Å². The van der Waals surface area contributed by atoms with Gasteiger partial charge in [-0.25, -0.2) is 0 Å². The van der Waals surface area contributed by atoms with E-state index in [4.69, 9.17) is 8.85 Å². The predicted octanol–water partition coefficient (Wildman–Crippen LogP) is 4.18. The van der Waals surface area contributed by atoms with E-state index in [1.54, 1.807) is 44.2 Å². The Bertz CT molecular complexity index is 739. The van der Waals surface area contributed by atoms with E-state index in [0.717, 1.165) is 0 Å². The largest absolute Gasteiger partial charge is 0.504 e. The van der Waals surface area contributed by atoms with Gasteiger partial charge in [-0.05, 0) is 39.3 Å². The summed E-state index contributed by atoms with van der Waals surface area (Å²) in [6, 6.07) is 8.77. The van der Waals surface area contributed by atoms with Gasteiger partial charge in [0.2, 0.25) is 0 Å². The second-order valence-electron chi connectivity index (χ2n) is 5.13. The molecule has 2 rings (SSSR count). The van der Waals surface area contributed by atoms with Crippen LogP contribution >= 0.6 is 0 Å². The number of ether oxygens (including phenoxy) is 1. The molecule has 1 aromatic carbocycles. The van der Waals surface area contributed by atoms with Gasteiger partial charge in [-0.3, -0.25) is 4.79 Å². The minimum atomic E-state index is -2.42. The number of carbonyl (C=O) groups is 1. The maximum absolute atomic E-state index is 13.0. The van der Waals surface area contributed by atoms with Crippen LogP contribution in [0.15, 0.2) is 59.1 Å². The average molecular weight is 287 g/mol. The number of rotatable bonds is 3. The molecule has 0 aromatic heterocycles.